The maximum absolute atomic E-state index is 13.2. The molecular formula is C12H14ClF3N2O. The second-order valence-electron chi connectivity index (χ2n) is 5.08. The van der Waals surface area contributed by atoms with Gasteiger partial charge in [-0.25, -0.2) is 4.98 Å². The number of aliphatic hydroxyl groups is 1. The van der Waals surface area contributed by atoms with E-state index in [0.717, 1.165) is 6.20 Å². The van der Waals surface area contributed by atoms with Gasteiger partial charge in [0.25, 0.3) is 0 Å². The van der Waals surface area contributed by atoms with Gasteiger partial charge in [-0.1, -0.05) is 17.7 Å². The van der Waals surface area contributed by atoms with Crippen molar-refractivity contribution in [3.8, 4) is 0 Å². The van der Waals surface area contributed by atoms with Crippen LogP contribution >= 0.6 is 11.6 Å². The third-order valence-corrected chi connectivity index (χ3v) is 3.45. The lowest BCUT2D eigenvalue weighted by Crippen LogP contribution is -2.39. The minimum Gasteiger partial charge on any atom is -0.389 e. The summed E-state index contributed by atoms with van der Waals surface area (Å²) in [5.74, 6) is 0. The molecule has 0 spiro atoms. The highest BCUT2D eigenvalue weighted by Crippen LogP contribution is 2.40. The van der Waals surface area contributed by atoms with Gasteiger partial charge in [-0.05, 0) is 25.0 Å². The van der Waals surface area contributed by atoms with Crippen molar-refractivity contribution in [3.05, 3.63) is 29.0 Å². The number of β-amino-alcohol motifs (C(OH)–C–C–N with tert-alkyl or cyclic N) is 1. The fraction of sp³-hybridized carbons (Fsp3) is 0.583. The minimum atomic E-state index is -4.42. The summed E-state index contributed by atoms with van der Waals surface area (Å²) in [5.41, 5.74) is -1.04. The van der Waals surface area contributed by atoms with Gasteiger partial charge in [0.2, 0.25) is 0 Å². The molecule has 1 N–H and O–H groups in total. The number of hydrogen-bond donors (Lipinski definition) is 1. The van der Waals surface area contributed by atoms with Crippen molar-refractivity contribution < 1.29 is 18.3 Å². The predicted molar refractivity (Wildman–Crippen MR) is 64.9 cm³/mol. The van der Waals surface area contributed by atoms with Gasteiger partial charge in [0.1, 0.15) is 11.2 Å². The predicted octanol–water partition coefficient (Wildman–Crippen LogP) is 2.80. The van der Waals surface area contributed by atoms with Crippen molar-refractivity contribution in [1.82, 2.24) is 9.88 Å². The van der Waals surface area contributed by atoms with E-state index in [1.807, 2.05) is 0 Å². The van der Waals surface area contributed by atoms with Gasteiger partial charge in [-0.3, -0.25) is 4.90 Å². The summed E-state index contributed by atoms with van der Waals surface area (Å²) in [6, 6.07) is 0.899. The van der Waals surface area contributed by atoms with Crippen LogP contribution in [0.4, 0.5) is 13.2 Å². The molecule has 1 aliphatic heterocycles. The monoisotopic (exact) mass is 294 g/mol. The van der Waals surface area contributed by atoms with E-state index in [1.165, 1.54) is 17.0 Å². The molecule has 2 rings (SSSR count). The van der Waals surface area contributed by atoms with Gasteiger partial charge in [-0.2, -0.15) is 13.2 Å². The molecule has 106 valence electrons. The van der Waals surface area contributed by atoms with Gasteiger partial charge in [0.15, 0.2) is 0 Å². The van der Waals surface area contributed by atoms with Crippen LogP contribution in [0.15, 0.2) is 18.3 Å². The average Bonchev–Trinajstić information content (AvgIpc) is 2.60. The molecule has 0 amide bonds. The molecule has 0 saturated carbocycles. The molecule has 2 atom stereocenters. The zero-order valence-corrected chi connectivity index (χ0v) is 11.0. The Bertz CT molecular complexity index is 447. The minimum absolute atomic E-state index is 0.0141. The van der Waals surface area contributed by atoms with Crippen LogP contribution in [0.5, 0.6) is 0 Å². The molecule has 2 unspecified atom stereocenters. The molecule has 19 heavy (non-hydrogen) atoms. The number of hydrogen-bond acceptors (Lipinski definition) is 3. The van der Waals surface area contributed by atoms with Gasteiger partial charge in [0, 0.05) is 19.3 Å². The van der Waals surface area contributed by atoms with Crippen LogP contribution in [0.1, 0.15) is 24.9 Å². The first-order valence-electron chi connectivity index (χ1n) is 5.84. The van der Waals surface area contributed by atoms with Gasteiger partial charge >= 0.3 is 6.18 Å². The topological polar surface area (TPSA) is 36.4 Å². The van der Waals surface area contributed by atoms with E-state index < -0.39 is 17.8 Å². The Labute approximate surface area is 114 Å². The molecule has 7 heteroatoms. The maximum Gasteiger partial charge on any atom is 0.408 e. The number of rotatable bonds is 2. The number of alkyl halides is 3. The molecule has 1 aliphatic rings. The zero-order valence-electron chi connectivity index (χ0n) is 10.3. The number of likely N-dealkylation sites (tertiary alicyclic amines) is 1. The lowest BCUT2D eigenvalue weighted by Gasteiger charge is -2.30. The molecule has 0 bridgehead atoms. The van der Waals surface area contributed by atoms with Crippen LogP contribution in [-0.2, 0) is 0 Å². The lowest BCUT2D eigenvalue weighted by atomic mass is 10.1. The normalized spacial score (nSPS) is 26.6. The average molecular weight is 295 g/mol. The molecule has 1 aromatic heterocycles. The number of aromatic nitrogens is 1. The van der Waals surface area contributed by atoms with Crippen LogP contribution in [0, 0.1) is 0 Å². The maximum atomic E-state index is 13.2. The van der Waals surface area contributed by atoms with Crippen LogP contribution in [0.3, 0.4) is 0 Å². The summed E-state index contributed by atoms with van der Waals surface area (Å²) in [5, 5.41) is 9.98. The fourth-order valence-corrected chi connectivity index (χ4v) is 2.47. The van der Waals surface area contributed by atoms with Crippen molar-refractivity contribution in [1.29, 1.82) is 0 Å². The van der Waals surface area contributed by atoms with Crippen molar-refractivity contribution in [2.75, 3.05) is 13.1 Å². The highest BCUT2D eigenvalue weighted by atomic mass is 35.5. The summed E-state index contributed by atoms with van der Waals surface area (Å²) < 4.78 is 39.7. The third kappa shape index (κ3) is 3.38. The molecule has 0 aromatic carbocycles. The quantitative estimate of drug-likeness (QED) is 0.852. The van der Waals surface area contributed by atoms with Crippen LogP contribution in [0.2, 0.25) is 5.15 Å². The molecular weight excluding hydrogens is 281 g/mol. The lowest BCUT2D eigenvalue weighted by molar-refractivity contribution is -0.185. The smallest absolute Gasteiger partial charge is 0.389 e. The first-order chi connectivity index (χ1) is 8.69. The van der Waals surface area contributed by atoms with E-state index in [0.29, 0.717) is 6.42 Å². The van der Waals surface area contributed by atoms with Gasteiger partial charge < -0.3 is 5.11 Å². The molecule has 2 heterocycles. The molecule has 0 radical (unpaired) electrons. The van der Waals surface area contributed by atoms with Crippen molar-refractivity contribution in [3.63, 3.8) is 0 Å². The Hall–Kier alpha value is -0.850. The van der Waals surface area contributed by atoms with E-state index >= 15 is 0 Å². The van der Waals surface area contributed by atoms with Crippen molar-refractivity contribution >= 4 is 11.6 Å². The summed E-state index contributed by atoms with van der Waals surface area (Å²) in [7, 11) is 0. The SMILES string of the molecule is CC1(O)CCN(C(c2ccc(Cl)nc2)C(F)(F)F)C1. The van der Waals surface area contributed by atoms with Crippen LogP contribution < -0.4 is 0 Å². The summed E-state index contributed by atoms with van der Waals surface area (Å²) in [6.07, 6.45) is -2.97. The first kappa shape index (κ1) is 14.6. The highest BCUT2D eigenvalue weighted by molar-refractivity contribution is 6.29. The Balaban J connectivity index is 2.30. The van der Waals surface area contributed by atoms with E-state index in [9.17, 15) is 18.3 Å². The fourth-order valence-electron chi connectivity index (χ4n) is 2.36. The van der Waals surface area contributed by atoms with E-state index in [-0.39, 0.29) is 23.8 Å². The zero-order chi connectivity index (χ0) is 14.3. The molecule has 1 saturated heterocycles. The van der Waals surface area contributed by atoms with Gasteiger partial charge in [-0.15, -0.1) is 0 Å². The molecule has 0 aliphatic carbocycles. The van der Waals surface area contributed by atoms with Crippen molar-refractivity contribution in [2.24, 2.45) is 0 Å². The summed E-state index contributed by atoms with van der Waals surface area (Å²) in [4.78, 5) is 4.92. The van der Waals surface area contributed by atoms with Crippen molar-refractivity contribution in [2.45, 2.75) is 31.2 Å². The van der Waals surface area contributed by atoms with E-state index in [4.69, 9.17) is 11.6 Å². The molecule has 1 aromatic rings. The Morgan fingerprint density at radius 2 is 2.16 bits per heavy atom. The molecule has 3 nitrogen and oxygen atoms in total. The summed E-state index contributed by atoms with van der Waals surface area (Å²) in [6.45, 7) is 1.72. The Morgan fingerprint density at radius 1 is 1.47 bits per heavy atom. The van der Waals surface area contributed by atoms with Gasteiger partial charge in [0.05, 0.1) is 5.60 Å². The van der Waals surface area contributed by atoms with E-state index in [2.05, 4.69) is 4.98 Å². The number of pyridine rings is 1. The summed E-state index contributed by atoms with van der Waals surface area (Å²) >= 11 is 5.59. The highest BCUT2D eigenvalue weighted by Gasteiger charge is 2.48. The Kier molecular flexibility index (Phi) is 3.77. The van der Waals surface area contributed by atoms with E-state index in [1.54, 1.807) is 6.92 Å². The largest absolute Gasteiger partial charge is 0.408 e. The third-order valence-electron chi connectivity index (χ3n) is 3.22. The van der Waals surface area contributed by atoms with Crippen LogP contribution in [-0.4, -0.2) is 39.9 Å². The first-order valence-corrected chi connectivity index (χ1v) is 6.21. The molecule has 1 fully saturated rings. The standard InChI is InChI=1S/C12H14ClF3N2O/c1-11(19)4-5-18(7-11)10(12(14,15)16)8-2-3-9(13)17-6-8/h2-3,6,10,19H,4-5,7H2,1H3. The number of nitrogens with zero attached hydrogens (tertiary/aromatic N) is 2. The second-order valence-corrected chi connectivity index (χ2v) is 5.46. The number of halogens is 4. The van der Waals surface area contributed by atoms with Crippen LogP contribution in [0.25, 0.3) is 0 Å². The Morgan fingerprint density at radius 3 is 2.58 bits per heavy atom. The second kappa shape index (κ2) is 4.92.